The minimum absolute atomic E-state index is 0.0525. The van der Waals surface area contributed by atoms with E-state index in [9.17, 15) is 17.4 Å². The lowest BCUT2D eigenvalue weighted by Gasteiger charge is -2.13. The van der Waals surface area contributed by atoms with Crippen LogP contribution in [0.4, 0.5) is 18.9 Å². The maximum atomic E-state index is 13.3. The van der Waals surface area contributed by atoms with Crippen LogP contribution in [-0.4, -0.2) is 21.1 Å². The molecule has 0 aliphatic carbocycles. The summed E-state index contributed by atoms with van der Waals surface area (Å²) in [5.41, 5.74) is 1.97. The predicted molar refractivity (Wildman–Crippen MR) is 100 cm³/mol. The zero-order chi connectivity index (χ0) is 20.5. The molecule has 2 aromatic carbocycles. The van der Waals surface area contributed by atoms with Crippen molar-refractivity contribution in [2.75, 3.05) is 7.11 Å². The highest BCUT2D eigenvalue weighted by Crippen LogP contribution is 2.36. The molecule has 5 nitrogen and oxygen atoms in total. The molecule has 1 heterocycles. The Balaban J connectivity index is 2.27. The van der Waals surface area contributed by atoms with Gasteiger partial charge in [0.1, 0.15) is 5.75 Å². The fourth-order valence-electron chi connectivity index (χ4n) is 2.90. The summed E-state index contributed by atoms with van der Waals surface area (Å²) in [6.07, 6.45) is -4.59. The number of hydrogen-bond acceptors (Lipinski definition) is 4. The number of benzene rings is 2. The third kappa shape index (κ3) is 3.70. The van der Waals surface area contributed by atoms with E-state index in [-0.39, 0.29) is 17.2 Å². The molecule has 0 aliphatic rings. The minimum atomic E-state index is -4.59. The molecule has 0 spiro atoms. The molecule has 3 rings (SSSR count). The summed E-state index contributed by atoms with van der Waals surface area (Å²) in [5.74, 6) is 0.589. The van der Waals surface area contributed by atoms with Crippen LogP contribution in [0.5, 0.6) is 5.75 Å². The summed E-state index contributed by atoms with van der Waals surface area (Å²) < 4.78 is 61.1. The Morgan fingerprint density at radius 3 is 2.36 bits per heavy atom. The Morgan fingerprint density at radius 1 is 1.11 bits per heavy atom. The Bertz CT molecular complexity index is 1070. The Kier molecular flexibility index (Phi) is 5.37. The van der Waals surface area contributed by atoms with Crippen LogP contribution in [0.3, 0.4) is 0 Å². The second-order valence-electron chi connectivity index (χ2n) is 6.09. The van der Waals surface area contributed by atoms with Crippen LogP contribution >= 0.6 is 0 Å². The Labute approximate surface area is 163 Å². The minimum Gasteiger partial charge on any atom is -0.497 e. The molecule has 0 amide bonds. The van der Waals surface area contributed by atoms with Crippen molar-refractivity contribution in [2.45, 2.75) is 20.0 Å². The van der Waals surface area contributed by atoms with Crippen molar-refractivity contribution in [1.82, 2.24) is 9.78 Å². The molecular formula is C19H16F3N3O2S. The molecule has 0 saturated heterocycles. The van der Waals surface area contributed by atoms with Crippen molar-refractivity contribution in [1.29, 1.82) is 0 Å². The largest absolute Gasteiger partial charge is 0.497 e. The molecule has 0 fully saturated rings. The Morgan fingerprint density at radius 2 is 1.79 bits per heavy atom. The average molecular weight is 407 g/mol. The molecule has 0 aliphatic heterocycles. The summed E-state index contributed by atoms with van der Waals surface area (Å²) >= 11 is 0.0525. The second-order valence-corrected chi connectivity index (χ2v) is 6.43. The van der Waals surface area contributed by atoms with Gasteiger partial charge in [-0.15, -0.1) is 0 Å². The highest BCUT2D eigenvalue weighted by Gasteiger charge is 2.35. The van der Waals surface area contributed by atoms with Crippen molar-refractivity contribution < 1.29 is 22.1 Å². The first-order valence-electron chi connectivity index (χ1n) is 8.18. The van der Waals surface area contributed by atoms with Gasteiger partial charge in [-0.2, -0.15) is 26.8 Å². The van der Waals surface area contributed by atoms with E-state index >= 15 is 0 Å². The van der Waals surface area contributed by atoms with Crippen LogP contribution < -0.4 is 4.74 Å². The molecule has 146 valence electrons. The highest BCUT2D eigenvalue weighted by atomic mass is 32.1. The van der Waals surface area contributed by atoms with Crippen LogP contribution in [0.15, 0.2) is 46.8 Å². The number of aryl methyl sites for hydroxylation is 1. The zero-order valence-corrected chi connectivity index (χ0v) is 16.1. The van der Waals surface area contributed by atoms with Gasteiger partial charge in [0.2, 0.25) is 11.5 Å². The third-order valence-corrected chi connectivity index (χ3v) is 4.60. The molecule has 3 aromatic rings. The molecular weight excluding hydrogens is 391 g/mol. The number of rotatable bonds is 4. The smallest absolute Gasteiger partial charge is 0.435 e. The molecule has 28 heavy (non-hydrogen) atoms. The fourth-order valence-corrected chi connectivity index (χ4v) is 3.26. The predicted octanol–water partition coefficient (Wildman–Crippen LogP) is 5.21. The molecule has 0 bridgehead atoms. The molecule has 0 unspecified atom stereocenters. The van der Waals surface area contributed by atoms with Gasteiger partial charge in [0.25, 0.3) is 0 Å². The quantitative estimate of drug-likeness (QED) is 0.596. The van der Waals surface area contributed by atoms with Gasteiger partial charge >= 0.3 is 6.18 Å². The number of ether oxygens (including phenoxy) is 1. The van der Waals surface area contributed by atoms with Crippen LogP contribution in [0.25, 0.3) is 16.9 Å². The maximum absolute atomic E-state index is 13.3. The standard InChI is InChI=1S/C19H16F3N3O2S/c1-11-4-9-15(12(2)18(11)24-28-26)25-16(10-17(23-25)19(20,21)22)13-5-7-14(27-3)8-6-13/h4-10H,1-3H3. The summed E-state index contributed by atoms with van der Waals surface area (Å²) in [5, 5.41) is 3.80. The molecule has 0 saturated carbocycles. The van der Waals surface area contributed by atoms with Crippen LogP contribution in [0.2, 0.25) is 0 Å². The Hall–Kier alpha value is -2.94. The average Bonchev–Trinajstić information content (AvgIpc) is 3.11. The summed E-state index contributed by atoms with van der Waals surface area (Å²) in [4.78, 5) is 0. The fraction of sp³-hybridized carbons (Fsp3) is 0.211. The van der Waals surface area contributed by atoms with E-state index in [4.69, 9.17) is 4.74 Å². The summed E-state index contributed by atoms with van der Waals surface area (Å²) in [6.45, 7) is 3.48. The van der Waals surface area contributed by atoms with Gasteiger partial charge in [0.15, 0.2) is 5.69 Å². The van der Waals surface area contributed by atoms with Crippen molar-refractivity contribution in [2.24, 2.45) is 4.36 Å². The van der Waals surface area contributed by atoms with Crippen molar-refractivity contribution in [3.8, 4) is 22.7 Å². The molecule has 0 radical (unpaired) electrons. The van der Waals surface area contributed by atoms with Crippen LogP contribution in [0.1, 0.15) is 16.8 Å². The molecule has 0 N–H and O–H groups in total. The van der Waals surface area contributed by atoms with Crippen LogP contribution in [0, 0.1) is 13.8 Å². The van der Waals surface area contributed by atoms with Crippen molar-refractivity contribution >= 4 is 17.2 Å². The van der Waals surface area contributed by atoms with E-state index in [2.05, 4.69) is 9.46 Å². The van der Waals surface area contributed by atoms with E-state index < -0.39 is 11.9 Å². The van der Waals surface area contributed by atoms with Crippen molar-refractivity contribution in [3.63, 3.8) is 0 Å². The SMILES string of the molecule is COc1ccc(-c2cc(C(F)(F)F)nn2-c2ccc(C)c(N=S=O)c2C)cc1. The van der Waals surface area contributed by atoms with E-state index in [1.54, 1.807) is 50.2 Å². The number of nitrogens with zero attached hydrogens (tertiary/aromatic N) is 3. The number of aromatic nitrogens is 2. The van der Waals surface area contributed by atoms with Gasteiger partial charge in [-0.1, -0.05) is 6.07 Å². The third-order valence-electron chi connectivity index (χ3n) is 4.35. The topological polar surface area (TPSA) is 56.5 Å². The molecule has 9 heteroatoms. The van der Waals surface area contributed by atoms with E-state index in [1.807, 2.05) is 0 Å². The van der Waals surface area contributed by atoms with E-state index in [0.29, 0.717) is 28.3 Å². The zero-order valence-electron chi connectivity index (χ0n) is 15.2. The second kappa shape index (κ2) is 7.59. The number of alkyl halides is 3. The lowest BCUT2D eigenvalue weighted by Crippen LogP contribution is -2.08. The first-order chi connectivity index (χ1) is 13.3. The van der Waals surface area contributed by atoms with E-state index in [1.165, 1.54) is 11.8 Å². The number of methoxy groups -OCH3 is 1. The van der Waals surface area contributed by atoms with Gasteiger partial charge in [-0.3, -0.25) is 0 Å². The van der Waals surface area contributed by atoms with Gasteiger partial charge in [0.05, 0.1) is 24.2 Å². The highest BCUT2D eigenvalue weighted by molar-refractivity contribution is 7.54. The summed E-state index contributed by atoms with van der Waals surface area (Å²) in [6, 6.07) is 11.0. The first kappa shape index (κ1) is 19.8. The van der Waals surface area contributed by atoms with Crippen molar-refractivity contribution in [3.05, 3.63) is 59.3 Å². The first-order valence-corrected chi connectivity index (χ1v) is 8.88. The van der Waals surface area contributed by atoms with Gasteiger partial charge in [-0.05, 0) is 55.8 Å². The van der Waals surface area contributed by atoms with E-state index in [0.717, 1.165) is 11.6 Å². The molecule has 1 aromatic heterocycles. The molecule has 0 atom stereocenters. The lowest BCUT2D eigenvalue weighted by molar-refractivity contribution is -0.141. The normalized spacial score (nSPS) is 11.4. The van der Waals surface area contributed by atoms with Gasteiger partial charge in [0, 0.05) is 11.1 Å². The lowest BCUT2D eigenvalue weighted by atomic mass is 10.1. The monoisotopic (exact) mass is 407 g/mol. The summed E-state index contributed by atoms with van der Waals surface area (Å²) in [7, 11) is 1.51. The van der Waals surface area contributed by atoms with Crippen LogP contribution in [-0.2, 0) is 17.6 Å². The van der Waals surface area contributed by atoms with Gasteiger partial charge < -0.3 is 4.74 Å². The van der Waals surface area contributed by atoms with Gasteiger partial charge in [-0.25, -0.2) is 4.68 Å². The maximum Gasteiger partial charge on any atom is 0.435 e. The number of halogens is 3. The number of hydrogen-bond donors (Lipinski definition) is 0.